The van der Waals surface area contributed by atoms with Gasteiger partial charge in [0.15, 0.2) is 5.78 Å². The van der Waals surface area contributed by atoms with E-state index in [2.05, 4.69) is 15.0 Å². The molecule has 1 aromatic carbocycles. The van der Waals surface area contributed by atoms with E-state index in [1.54, 1.807) is 6.07 Å². The highest BCUT2D eigenvalue weighted by Crippen LogP contribution is 2.62. The first kappa shape index (κ1) is 20.6. The predicted molar refractivity (Wildman–Crippen MR) is 113 cm³/mol. The number of halogens is 3. The Morgan fingerprint density at radius 3 is 2.56 bits per heavy atom. The molecule has 0 radical (unpaired) electrons. The van der Waals surface area contributed by atoms with Gasteiger partial charge in [0, 0.05) is 31.1 Å². The SMILES string of the molecule is Cc1cc(N2CCCc3nc(C4(C(=O)Cc5ccc(F)cc5)CC4(F)F)ccc32)ncn1. The Morgan fingerprint density at radius 2 is 1.88 bits per heavy atom. The fraction of sp³-hybridized carbons (Fsp3) is 0.333. The first-order chi connectivity index (χ1) is 15.3. The summed E-state index contributed by atoms with van der Waals surface area (Å²) in [6.07, 6.45) is 2.17. The molecule has 8 heteroatoms. The van der Waals surface area contributed by atoms with E-state index in [4.69, 9.17) is 0 Å². The largest absolute Gasteiger partial charge is 0.325 e. The minimum absolute atomic E-state index is 0.106. The van der Waals surface area contributed by atoms with Gasteiger partial charge in [0.05, 0.1) is 17.1 Å². The normalized spacial score (nSPS) is 21.2. The van der Waals surface area contributed by atoms with Gasteiger partial charge in [-0.05, 0) is 49.6 Å². The Hall–Kier alpha value is -3.29. The molecule has 1 aliphatic heterocycles. The lowest BCUT2D eigenvalue weighted by Gasteiger charge is -2.30. The van der Waals surface area contributed by atoms with Gasteiger partial charge in [-0.3, -0.25) is 9.78 Å². The maximum absolute atomic E-state index is 14.6. The van der Waals surface area contributed by atoms with Gasteiger partial charge >= 0.3 is 0 Å². The van der Waals surface area contributed by atoms with Crippen molar-refractivity contribution >= 4 is 17.3 Å². The van der Waals surface area contributed by atoms with E-state index in [-0.39, 0.29) is 12.1 Å². The molecule has 1 unspecified atom stereocenters. The van der Waals surface area contributed by atoms with Crippen LogP contribution in [0.3, 0.4) is 0 Å². The number of fused-ring (bicyclic) bond motifs is 1. The highest BCUT2D eigenvalue weighted by atomic mass is 19.3. The topological polar surface area (TPSA) is 59.0 Å². The van der Waals surface area contributed by atoms with Crippen LogP contribution in [-0.2, 0) is 23.1 Å². The Bertz CT molecular complexity index is 1200. The van der Waals surface area contributed by atoms with Crippen molar-refractivity contribution in [2.24, 2.45) is 0 Å². The summed E-state index contributed by atoms with van der Waals surface area (Å²) in [5, 5.41) is 0. The smallest absolute Gasteiger partial charge is 0.267 e. The van der Waals surface area contributed by atoms with E-state index < -0.39 is 29.4 Å². The summed E-state index contributed by atoms with van der Waals surface area (Å²) in [4.78, 5) is 28.1. The molecule has 1 aliphatic carbocycles. The van der Waals surface area contributed by atoms with Crippen LogP contribution in [0.25, 0.3) is 0 Å². The van der Waals surface area contributed by atoms with Crippen molar-refractivity contribution in [1.29, 1.82) is 0 Å². The quantitative estimate of drug-likeness (QED) is 0.588. The molecule has 2 aliphatic rings. The molecule has 0 N–H and O–H groups in total. The number of rotatable bonds is 5. The van der Waals surface area contributed by atoms with Crippen LogP contribution < -0.4 is 4.90 Å². The fourth-order valence-corrected chi connectivity index (χ4v) is 4.46. The van der Waals surface area contributed by atoms with Gasteiger partial charge in [0.2, 0.25) is 0 Å². The zero-order chi connectivity index (χ0) is 22.5. The van der Waals surface area contributed by atoms with Crippen LogP contribution in [0, 0.1) is 12.7 Å². The van der Waals surface area contributed by atoms with Crippen LogP contribution in [0.5, 0.6) is 0 Å². The van der Waals surface area contributed by atoms with Gasteiger partial charge < -0.3 is 4.90 Å². The number of hydrogen-bond acceptors (Lipinski definition) is 5. The van der Waals surface area contributed by atoms with Crippen molar-refractivity contribution in [2.75, 3.05) is 11.4 Å². The monoisotopic (exact) mass is 438 g/mol. The van der Waals surface area contributed by atoms with Crippen LogP contribution in [0.1, 0.15) is 35.5 Å². The van der Waals surface area contributed by atoms with Crippen molar-refractivity contribution in [1.82, 2.24) is 15.0 Å². The van der Waals surface area contributed by atoms with Crippen LogP contribution >= 0.6 is 0 Å². The van der Waals surface area contributed by atoms with E-state index in [1.165, 1.54) is 36.7 Å². The summed E-state index contributed by atoms with van der Waals surface area (Å²) in [7, 11) is 0. The molecule has 32 heavy (non-hydrogen) atoms. The zero-order valence-electron chi connectivity index (χ0n) is 17.5. The second kappa shape index (κ2) is 7.39. The number of carbonyl (C=O) groups is 1. The Labute approximate surface area is 183 Å². The number of nitrogens with zero attached hydrogens (tertiary/aromatic N) is 4. The third kappa shape index (κ3) is 3.34. The minimum atomic E-state index is -3.15. The number of aromatic nitrogens is 3. The molecule has 3 aromatic rings. The van der Waals surface area contributed by atoms with Gasteiger partial charge in [0.25, 0.3) is 5.92 Å². The molecule has 0 spiro atoms. The molecule has 5 nitrogen and oxygen atoms in total. The molecule has 1 atom stereocenters. The number of hydrogen-bond donors (Lipinski definition) is 0. The Kier molecular flexibility index (Phi) is 4.76. The molecule has 1 saturated carbocycles. The van der Waals surface area contributed by atoms with Crippen LogP contribution in [-0.4, -0.2) is 33.2 Å². The summed E-state index contributed by atoms with van der Waals surface area (Å²) < 4.78 is 42.4. The molecule has 0 saturated heterocycles. The van der Waals surface area contributed by atoms with Crippen molar-refractivity contribution in [2.45, 2.75) is 43.9 Å². The number of ketones is 1. The predicted octanol–water partition coefficient (Wildman–Crippen LogP) is 4.49. The molecule has 0 amide bonds. The molecule has 5 rings (SSSR count). The number of aryl methyl sites for hydroxylation is 2. The van der Waals surface area contributed by atoms with Gasteiger partial charge in [-0.15, -0.1) is 0 Å². The van der Waals surface area contributed by atoms with Crippen molar-refractivity contribution in [3.63, 3.8) is 0 Å². The highest BCUT2D eigenvalue weighted by molar-refractivity contribution is 5.96. The second-order valence-corrected chi connectivity index (χ2v) is 8.45. The number of carbonyl (C=O) groups excluding carboxylic acids is 1. The van der Waals surface area contributed by atoms with E-state index in [9.17, 15) is 18.0 Å². The first-order valence-electron chi connectivity index (χ1n) is 10.5. The van der Waals surface area contributed by atoms with Gasteiger partial charge in [0.1, 0.15) is 23.4 Å². The number of anilines is 2. The lowest BCUT2D eigenvalue weighted by molar-refractivity contribution is -0.123. The summed E-state index contributed by atoms with van der Waals surface area (Å²) >= 11 is 0. The second-order valence-electron chi connectivity index (χ2n) is 8.45. The minimum Gasteiger partial charge on any atom is -0.325 e. The third-order valence-electron chi connectivity index (χ3n) is 6.28. The van der Waals surface area contributed by atoms with Crippen molar-refractivity contribution in [3.8, 4) is 0 Å². The average Bonchev–Trinajstić information content (AvgIpc) is 3.38. The molecule has 2 aromatic heterocycles. The first-order valence-corrected chi connectivity index (χ1v) is 10.5. The summed E-state index contributed by atoms with van der Waals surface area (Å²) in [5.74, 6) is -3.45. The lowest BCUT2D eigenvalue weighted by atomic mass is 9.90. The number of Topliss-reactive ketones (excluding diaryl/α,β-unsaturated/α-hetero) is 1. The van der Waals surface area contributed by atoms with E-state index in [1.807, 2.05) is 17.9 Å². The summed E-state index contributed by atoms with van der Waals surface area (Å²) in [6.45, 7) is 2.61. The standard InChI is InChI=1S/C24H21F3N4O/c1-15-11-22(29-14-28-15)31-10-2-3-18-19(31)8-9-20(30-18)23(13-24(23,26)27)21(32)12-16-4-6-17(25)7-5-16/h4-9,11,14H,2-3,10,12-13H2,1H3. The van der Waals surface area contributed by atoms with Crippen molar-refractivity contribution < 1.29 is 18.0 Å². The molecular formula is C24H21F3N4O. The summed E-state index contributed by atoms with van der Waals surface area (Å²) in [6, 6.07) is 10.5. The maximum atomic E-state index is 14.6. The van der Waals surface area contributed by atoms with E-state index >= 15 is 0 Å². The average molecular weight is 438 g/mol. The maximum Gasteiger partial charge on any atom is 0.267 e. The number of alkyl halides is 2. The fourth-order valence-electron chi connectivity index (χ4n) is 4.46. The third-order valence-corrected chi connectivity index (χ3v) is 6.28. The molecule has 164 valence electrons. The molecule has 0 bridgehead atoms. The van der Waals surface area contributed by atoms with Gasteiger partial charge in [-0.25, -0.2) is 23.1 Å². The van der Waals surface area contributed by atoms with Crippen LogP contribution in [0.4, 0.5) is 24.7 Å². The van der Waals surface area contributed by atoms with E-state index in [0.717, 1.165) is 30.2 Å². The van der Waals surface area contributed by atoms with Gasteiger partial charge in [-0.2, -0.15) is 0 Å². The zero-order valence-corrected chi connectivity index (χ0v) is 17.5. The Balaban J connectivity index is 1.48. The molecule has 3 heterocycles. The molecule has 1 fully saturated rings. The Morgan fingerprint density at radius 1 is 1.12 bits per heavy atom. The van der Waals surface area contributed by atoms with Crippen LogP contribution in [0.15, 0.2) is 48.8 Å². The summed E-state index contributed by atoms with van der Waals surface area (Å²) in [5.41, 5.74) is 1.000. The highest BCUT2D eigenvalue weighted by Gasteiger charge is 2.76. The molecular weight excluding hydrogens is 417 g/mol. The van der Waals surface area contributed by atoms with Gasteiger partial charge in [-0.1, -0.05) is 12.1 Å². The lowest BCUT2D eigenvalue weighted by Crippen LogP contribution is -2.32. The number of benzene rings is 1. The van der Waals surface area contributed by atoms with Crippen molar-refractivity contribution in [3.05, 3.63) is 77.3 Å². The van der Waals surface area contributed by atoms with Crippen LogP contribution in [0.2, 0.25) is 0 Å². The number of pyridine rings is 1. The van der Waals surface area contributed by atoms with E-state index in [0.29, 0.717) is 17.7 Å².